The van der Waals surface area contributed by atoms with Crippen LogP contribution >= 0.6 is 7.60 Å². The van der Waals surface area contributed by atoms with Gasteiger partial charge in [0.2, 0.25) is 0 Å². The van der Waals surface area contributed by atoms with E-state index < -0.39 is 25.6 Å². The van der Waals surface area contributed by atoms with E-state index in [1.54, 1.807) is 0 Å². The van der Waals surface area contributed by atoms with Crippen molar-refractivity contribution in [2.75, 3.05) is 13.7 Å². The van der Waals surface area contributed by atoms with Crippen molar-refractivity contribution in [2.45, 2.75) is 37.9 Å². The third kappa shape index (κ3) is 6.39. The van der Waals surface area contributed by atoms with Gasteiger partial charge in [0, 0.05) is 7.11 Å². The van der Waals surface area contributed by atoms with Crippen LogP contribution in [0, 0.1) is 0 Å². The van der Waals surface area contributed by atoms with E-state index in [2.05, 4.69) is 0 Å². The van der Waals surface area contributed by atoms with Crippen LogP contribution in [0.25, 0.3) is 0 Å². The van der Waals surface area contributed by atoms with Crippen molar-refractivity contribution in [3.05, 3.63) is 108 Å². The Hall–Kier alpha value is -2.31. The van der Waals surface area contributed by atoms with Gasteiger partial charge in [0.1, 0.15) is 12.2 Å². The van der Waals surface area contributed by atoms with Gasteiger partial charge in [-0.3, -0.25) is 4.57 Å². The monoisotopic (exact) mass is 468 g/mol. The van der Waals surface area contributed by atoms with Crippen LogP contribution in [0.2, 0.25) is 0 Å². The average Bonchev–Trinajstić information content (AvgIpc) is 2.88. The first-order valence-electron chi connectivity index (χ1n) is 10.9. The van der Waals surface area contributed by atoms with Crippen LogP contribution in [-0.2, 0) is 47.6 Å². The first kappa shape index (κ1) is 23.8. The summed E-state index contributed by atoms with van der Waals surface area (Å²) in [7, 11) is -2.20. The molecule has 1 heterocycles. The topological polar surface area (TPSA) is 63.2 Å². The highest BCUT2D eigenvalue weighted by molar-refractivity contribution is 7.54. The normalized spacial score (nSPS) is 25.1. The Kier molecular flexibility index (Phi) is 8.46. The Balaban J connectivity index is 1.54. The maximum Gasteiger partial charge on any atom is 0.361 e. The van der Waals surface area contributed by atoms with Crippen LogP contribution in [0.15, 0.2) is 91.0 Å². The standard InChI is InChI=1S/C26H29O6P/c1-28-33(27)26(31-19-23-15-9-4-10-16-23)25(30-18-22-13-7-3-8-14-22)24(20-32-33)29-17-21-11-5-2-6-12-21/h2-16,24-26H,17-20H2,1H3/t24-,25+,26+,33-/m1/s1. The molecular formula is C26H29O6P. The van der Waals surface area contributed by atoms with Crippen LogP contribution in [0.3, 0.4) is 0 Å². The predicted octanol–water partition coefficient (Wildman–Crippen LogP) is 5.57. The number of hydrogen-bond donors (Lipinski definition) is 0. The maximum absolute atomic E-state index is 13.5. The first-order chi connectivity index (χ1) is 16.2. The summed E-state index contributed by atoms with van der Waals surface area (Å²) in [6.07, 6.45) is -1.12. The second-order valence-electron chi connectivity index (χ2n) is 7.80. The van der Waals surface area contributed by atoms with Crippen LogP contribution in [0.5, 0.6) is 0 Å². The molecule has 3 aromatic rings. The molecule has 0 unspecified atom stereocenters. The van der Waals surface area contributed by atoms with Crippen molar-refractivity contribution in [3.8, 4) is 0 Å². The highest BCUT2D eigenvalue weighted by atomic mass is 31.2. The van der Waals surface area contributed by atoms with Crippen molar-refractivity contribution in [3.63, 3.8) is 0 Å². The molecule has 1 saturated heterocycles. The Labute approximate surface area is 194 Å². The molecule has 0 bridgehead atoms. The molecule has 0 N–H and O–H groups in total. The second-order valence-corrected chi connectivity index (χ2v) is 10.0. The zero-order valence-electron chi connectivity index (χ0n) is 18.6. The van der Waals surface area contributed by atoms with Crippen LogP contribution in [0.1, 0.15) is 16.7 Å². The van der Waals surface area contributed by atoms with E-state index in [0.717, 1.165) is 16.7 Å². The first-order valence-corrected chi connectivity index (χ1v) is 12.6. The molecule has 4 atom stereocenters. The van der Waals surface area contributed by atoms with E-state index in [1.165, 1.54) is 7.11 Å². The van der Waals surface area contributed by atoms with Gasteiger partial charge in [-0.25, -0.2) is 0 Å². The third-order valence-electron chi connectivity index (χ3n) is 5.49. The zero-order valence-corrected chi connectivity index (χ0v) is 19.5. The minimum atomic E-state index is -3.58. The van der Waals surface area contributed by atoms with Gasteiger partial charge in [-0.15, -0.1) is 0 Å². The average molecular weight is 468 g/mol. The second kappa shape index (κ2) is 11.7. The Morgan fingerprint density at radius 1 is 0.727 bits per heavy atom. The van der Waals surface area contributed by atoms with Crippen molar-refractivity contribution in [1.29, 1.82) is 0 Å². The summed E-state index contributed by atoms with van der Waals surface area (Å²) in [5.74, 6) is -0.930. The lowest BCUT2D eigenvalue weighted by Crippen LogP contribution is -2.49. The number of rotatable bonds is 10. The zero-order chi connectivity index (χ0) is 22.9. The van der Waals surface area contributed by atoms with Gasteiger partial charge in [0.25, 0.3) is 0 Å². The lowest BCUT2D eigenvalue weighted by Gasteiger charge is -2.40. The number of ether oxygens (including phenoxy) is 3. The Bertz CT molecular complexity index is 1010. The van der Waals surface area contributed by atoms with E-state index in [4.69, 9.17) is 23.3 Å². The van der Waals surface area contributed by atoms with Crippen molar-refractivity contribution < 1.29 is 27.8 Å². The van der Waals surface area contributed by atoms with Crippen molar-refractivity contribution >= 4 is 7.60 Å². The molecule has 1 aliphatic heterocycles. The highest BCUT2D eigenvalue weighted by Gasteiger charge is 2.51. The summed E-state index contributed by atoms with van der Waals surface area (Å²) in [6, 6.07) is 29.4. The largest absolute Gasteiger partial charge is 0.368 e. The fourth-order valence-corrected chi connectivity index (χ4v) is 5.39. The summed E-state index contributed by atoms with van der Waals surface area (Å²) in [4.78, 5) is 0. The quantitative estimate of drug-likeness (QED) is 0.363. The molecule has 1 fully saturated rings. The molecule has 3 aromatic carbocycles. The molecule has 7 heteroatoms. The highest BCUT2D eigenvalue weighted by Crippen LogP contribution is 2.58. The van der Waals surface area contributed by atoms with E-state index in [-0.39, 0.29) is 13.2 Å². The number of hydrogen-bond acceptors (Lipinski definition) is 6. The van der Waals surface area contributed by atoms with Crippen LogP contribution in [0.4, 0.5) is 0 Å². The van der Waals surface area contributed by atoms with E-state index in [0.29, 0.717) is 13.2 Å². The lowest BCUT2D eigenvalue weighted by atomic mass is 10.2. The molecule has 4 rings (SSSR count). The minimum Gasteiger partial charge on any atom is -0.368 e. The SMILES string of the molecule is CO[P@@]1(=O)OC[C@@H](OCc2ccccc2)[C@H](OCc2ccccc2)[C@H]1OCc1ccccc1. The molecule has 0 radical (unpaired) electrons. The molecule has 0 amide bonds. The fraction of sp³-hybridized carbons (Fsp3) is 0.308. The fourth-order valence-electron chi connectivity index (χ4n) is 3.68. The number of benzene rings is 3. The molecule has 0 aliphatic carbocycles. The third-order valence-corrected chi connectivity index (χ3v) is 7.57. The Morgan fingerprint density at radius 2 is 1.18 bits per heavy atom. The maximum atomic E-state index is 13.5. The van der Waals surface area contributed by atoms with Gasteiger partial charge in [-0.2, -0.15) is 0 Å². The van der Waals surface area contributed by atoms with Gasteiger partial charge in [0.05, 0.1) is 26.4 Å². The van der Waals surface area contributed by atoms with Gasteiger partial charge < -0.3 is 23.3 Å². The summed E-state index contributed by atoms with van der Waals surface area (Å²) >= 11 is 0. The molecule has 0 aromatic heterocycles. The van der Waals surface area contributed by atoms with Gasteiger partial charge in [-0.05, 0) is 16.7 Å². The smallest absolute Gasteiger partial charge is 0.361 e. The summed E-state index contributed by atoms with van der Waals surface area (Å²) < 4.78 is 43.1. The Morgan fingerprint density at radius 3 is 1.67 bits per heavy atom. The van der Waals surface area contributed by atoms with Crippen LogP contribution in [-0.4, -0.2) is 31.8 Å². The lowest BCUT2D eigenvalue weighted by molar-refractivity contribution is -0.160. The van der Waals surface area contributed by atoms with E-state index >= 15 is 0 Å². The molecule has 0 spiro atoms. The van der Waals surface area contributed by atoms with Crippen molar-refractivity contribution in [2.24, 2.45) is 0 Å². The molecule has 6 nitrogen and oxygen atoms in total. The van der Waals surface area contributed by atoms with Crippen molar-refractivity contribution in [1.82, 2.24) is 0 Å². The molecule has 0 saturated carbocycles. The van der Waals surface area contributed by atoms with Crippen LogP contribution < -0.4 is 0 Å². The predicted molar refractivity (Wildman–Crippen MR) is 126 cm³/mol. The molecular weight excluding hydrogens is 439 g/mol. The molecule has 1 aliphatic rings. The summed E-state index contributed by atoms with van der Waals surface area (Å²) in [5.41, 5.74) is 2.98. The summed E-state index contributed by atoms with van der Waals surface area (Å²) in [5, 5.41) is 0. The summed E-state index contributed by atoms with van der Waals surface area (Å²) in [6.45, 7) is 1.04. The van der Waals surface area contributed by atoms with Gasteiger partial charge in [0.15, 0.2) is 5.85 Å². The molecule has 33 heavy (non-hydrogen) atoms. The molecule has 174 valence electrons. The van der Waals surface area contributed by atoms with E-state index in [1.807, 2.05) is 91.0 Å². The van der Waals surface area contributed by atoms with E-state index in [9.17, 15) is 4.57 Å². The minimum absolute atomic E-state index is 0.0859. The van der Waals surface area contributed by atoms with Gasteiger partial charge in [-0.1, -0.05) is 91.0 Å². The van der Waals surface area contributed by atoms with Gasteiger partial charge >= 0.3 is 7.60 Å².